The van der Waals surface area contributed by atoms with Crippen molar-refractivity contribution in [3.63, 3.8) is 0 Å². The Morgan fingerprint density at radius 2 is 1.59 bits per heavy atom. The van der Waals surface area contributed by atoms with Gasteiger partial charge in [0.15, 0.2) is 0 Å². The van der Waals surface area contributed by atoms with Crippen LogP contribution in [0.25, 0.3) is 0 Å². The Morgan fingerprint density at radius 1 is 0.955 bits per heavy atom. The minimum absolute atomic E-state index is 0.203. The van der Waals surface area contributed by atoms with E-state index in [1.165, 1.54) is 32.1 Å². The first-order valence-electron chi connectivity index (χ1n) is 9.32. The number of nitrogens with one attached hydrogen (secondary N) is 1. The van der Waals surface area contributed by atoms with Crippen LogP contribution in [0.1, 0.15) is 51.9 Å². The molecule has 0 amide bonds. The third kappa shape index (κ3) is 5.19. The van der Waals surface area contributed by atoms with E-state index in [-0.39, 0.29) is 31.2 Å². The summed E-state index contributed by atoms with van der Waals surface area (Å²) >= 11 is 0. The zero-order chi connectivity index (χ0) is 15.8. The highest BCUT2D eigenvalue weighted by Crippen LogP contribution is 2.36. The van der Waals surface area contributed by atoms with Gasteiger partial charge in [-0.05, 0) is 69.4 Å². The molecule has 130 valence electrons. The van der Waals surface area contributed by atoms with E-state index in [1.54, 1.807) is 0 Å². The molecule has 2 aliphatic rings. The van der Waals surface area contributed by atoms with Gasteiger partial charge in [-0.15, -0.1) is 0 Å². The molecule has 0 aromatic heterocycles. The van der Waals surface area contributed by atoms with Gasteiger partial charge < -0.3 is 20.3 Å². The normalized spacial score (nSPS) is 34.0. The van der Waals surface area contributed by atoms with Gasteiger partial charge in [0.05, 0.1) is 6.10 Å². The summed E-state index contributed by atoms with van der Waals surface area (Å²) in [5.74, 6) is 1.70. The largest absolute Gasteiger partial charge is 0.396 e. The Bertz CT molecular complexity index is 280. The number of aliphatic hydroxyl groups is 2. The molecule has 4 nitrogen and oxygen atoms in total. The summed E-state index contributed by atoms with van der Waals surface area (Å²) < 4.78 is 5.75. The van der Waals surface area contributed by atoms with Crippen molar-refractivity contribution in [1.29, 1.82) is 0 Å². The van der Waals surface area contributed by atoms with Crippen molar-refractivity contribution in [1.82, 2.24) is 5.32 Å². The highest BCUT2D eigenvalue weighted by Gasteiger charge is 2.37. The molecule has 0 aliphatic heterocycles. The van der Waals surface area contributed by atoms with Gasteiger partial charge >= 0.3 is 0 Å². The summed E-state index contributed by atoms with van der Waals surface area (Å²) in [5.41, 5.74) is 0. The quantitative estimate of drug-likeness (QED) is 0.643. The van der Waals surface area contributed by atoms with Gasteiger partial charge in [0.1, 0.15) is 0 Å². The SMILES string of the molecule is CCOC1CC(CO)C(CNCC2CCCCC2)C(CO)C1. The minimum atomic E-state index is 0.203. The fraction of sp³-hybridized carbons (Fsp3) is 1.00. The Labute approximate surface area is 135 Å². The Hall–Kier alpha value is -0.160. The third-order valence-corrected chi connectivity index (χ3v) is 5.75. The second-order valence-corrected chi connectivity index (χ2v) is 7.26. The molecule has 22 heavy (non-hydrogen) atoms. The lowest BCUT2D eigenvalue weighted by molar-refractivity contribution is -0.0486. The number of ether oxygens (including phenoxy) is 1. The fourth-order valence-corrected chi connectivity index (χ4v) is 4.48. The molecule has 2 aliphatic carbocycles. The monoisotopic (exact) mass is 313 g/mol. The fourth-order valence-electron chi connectivity index (χ4n) is 4.48. The lowest BCUT2D eigenvalue weighted by Gasteiger charge is -2.41. The van der Waals surface area contributed by atoms with Crippen LogP contribution in [0.5, 0.6) is 0 Å². The summed E-state index contributed by atoms with van der Waals surface area (Å²) in [6, 6.07) is 0. The van der Waals surface area contributed by atoms with Crippen molar-refractivity contribution in [3.05, 3.63) is 0 Å². The molecule has 0 radical (unpaired) electrons. The van der Waals surface area contributed by atoms with Crippen LogP contribution in [-0.4, -0.2) is 49.2 Å². The summed E-state index contributed by atoms with van der Waals surface area (Å²) in [6.45, 7) is 5.16. The standard InChI is InChI=1S/C18H35NO3/c1-2-22-17-8-15(12-20)18(16(9-17)13-21)11-19-10-14-6-4-3-5-7-14/h14-21H,2-13H2,1H3. The first-order chi connectivity index (χ1) is 10.8. The summed E-state index contributed by atoms with van der Waals surface area (Å²) in [7, 11) is 0. The topological polar surface area (TPSA) is 61.7 Å². The predicted molar refractivity (Wildman–Crippen MR) is 88.7 cm³/mol. The predicted octanol–water partition coefficient (Wildman–Crippen LogP) is 2.19. The molecule has 0 spiro atoms. The lowest BCUT2D eigenvalue weighted by atomic mass is 9.71. The van der Waals surface area contributed by atoms with Crippen molar-refractivity contribution in [2.45, 2.75) is 58.0 Å². The van der Waals surface area contributed by atoms with Crippen molar-refractivity contribution in [2.24, 2.45) is 23.7 Å². The maximum atomic E-state index is 9.74. The summed E-state index contributed by atoms with van der Waals surface area (Å²) in [6.07, 6.45) is 8.93. The van der Waals surface area contributed by atoms with Gasteiger partial charge in [-0.3, -0.25) is 0 Å². The van der Waals surface area contributed by atoms with E-state index in [9.17, 15) is 10.2 Å². The van der Waals surface area contributed by atoms with Crippen molar-refractivity contribution >= 4 is 0 Å². The van der Waals surface area contributed by atoms with Crippen molar-refractivity contribution in [2.75, 3.05) is 32.9 Å². The minimum Gasteiger partial charge on any atom is -0.396 e. The van der Waals surface area contributed by atoms with Gasteiger partial charge in [0.2, 0.25) is 0 Å². The van der Waals surface area contributed by atoms with Crippen LogP contribution in [-0.2, 0) is 4.74 Å². The van der Waals surface area contributed by atoms with E-state index < -0.39 is 0 Å². The van der Waals surface area contributed by atoms with Crippen LogP contribution >= 0.6 is 0 Å². The molecular formula is C18H35NO3. The lowest BCUT2D eigenvalue weighted by Crippen LogP contribution is -2.45. The van der Waals surface area contributed by atoms with Crippen LogP contribution in [0, 0.1) is 23.7 Å². The highest BCUT2D eigenvalue weighted by atomic mass is 16.5. The maximum Gasteiger partial charge on any atom is 0.0582 e. The average Bonchev–Trinajstić information content (AvgIpc) is 2.56. The van der Waals surface area contributed by atoms with Gasteiger partial charge in [-0.25, -0.2) is 0 Å². The smallest absolute Gasteiger partial charge is 0.0582 e. The van der Waals surface area contributed by atoms with Crippen LogP contribution in [0.2, 0.25) is 0 Å². The first-order valence-corrected chi connectivity index (χ1v) is 9.32. The van der Waals surface area contributed by atoms with E-state index in [2.05, 4.69) is 5.32 Å². The van der Waals surface area contributed by atoms with E-state index in [1.807, 2.05) is 6.92 Å². The zero-order valence-electron chi connectivity index (χ0n) is 14.2. The van der Waals surface area contributed by atoms with Gasteiger partial charge in [0, 0.05) is 19.8 Å². The molecule has 0 aromatic rings. The summed E-state index contributed by atoms with van der Waals surface area (Å²) in [4.78, 5) is 0. The molecule has 0 bridgehead atoms. The molecule has 2 unspecified atom stereocenters. The molecule has 4 heteroatoms. The number of hydrogen-bond acceptors (Lipinski definition) is 4. The Morgan fingerprint density at radius 3 is 2.14 bits per heavy atom. The number of aliphatic hydroxyl groups excluding tert-OH is 2. The average molecular weight is 313 g/mol. The second-order valence-electron chi connectivity index (χ2n) is 7.26. The third-order valence-electron chi connectivity index (χ3n) is 5.75. The number of rotatable bonds is 8. The van der Waals surface area contributed by atoms with Crippen LogP contribution in [0.4, 0.5) is 0 Å². The first kappa shape index (κ1) is 18.2. The molecule has 2 fully saturated rings. The van der Waals surface area contributed by atoms with Crippen LogP contribution in [0.3, 0.4) is 0 Å². The van der Waals surface area contributed by atoms with Gasteiger partial charge in [0.25, 0.3) is 0 Å². The Balaban J connectivity index is 1.80. The summed E-state index contributed by atoms with van der Waals surface area (Å²) in [5, 5.41) is 23.1. The molecule has 2 saturated carbocycles. The second kappa shape index (κ2) is 9.86. The van der Waals surface area contributed by atoms with Gasteiger partial charge in [-0.2, -0.15) is 0 Å². The van der Waals surface area contributed by atoms with Gasteiger partial charge in [-0.1, -0.05) is 19.3 Å². The molecule has 2 atom stereocenters. The van der Waals surface area contributed by atoms with Crippen molar-refractivity contribution in [3.8, 4) is 0 Å². The molecule has 3 N–H and O–H groups in total. The number of hydrogen-bond donors (Lipinski definition) is 3. The molecule has 0 saturated heterocycles. The maximum absolute atomic E-state index is 9.74. The zero-order valence-corrected chi connectivity index (χ0v) is 14.2. The van der Waals surface area contributed by atoms with E-state index in [4.69, 9.17) is 4.74 Å². The molecule has 0 heterocycles. The van der Waals surface area contributed by atoms with E-state index in [0.29, 0.717) is 12.5 Å². The van der Waals surface area contributed by atoms with Crippen LogP contribution < -0.4 is 5.32 Å². The molecule has 0 aromatic carbocycles. The Kier molecular flexibility index (Phi) is 8.15. The van der Waals surface area contributed by atoms with E-state index in [0.717, 1.165) is 31.8 Å². The van der Waals surface area contributed by atoms with Crippen LogP contribution in [0.15, 0.2) is 0 Å². The molecule has 2 rings (SSSR count). The van der Waals surface area contributed by atoms with E-state index >= 15 is 0 Å². The van der Waals surface area contributed by atoms with Crippen molar-refractivity contribution < 1.29 is 14.9 Å². The highest BCUT2D eigenvalue weighted by molar-refractivity contribution is 4.88. The molecular weight excluding hydrogens is 278 g/mol.